The molecule has 12 heavy (non-hydrogen) atoms. The van der Waals surface area contributed by atoms with Crippen molar-refractivity contribution < 1.29 is 4.79 Å². The van der Waals surface area contributed by atoms with E-state index in [0.29, 0.717) is 12.3 Å². The number of carbonyl (C=O) groups excluding carboxylic acids is 1. The molecule has 1 nitrogen and oxygen atoms in total. The Morgan fingerprint density at radius 1 is 1.42 bits per heavy atom. The monoisotopic (exact) mass is 274 g/mol. The quantitative estimate of drug-likeness (QED) is 0.611. The Kier molecular flexibility index (Phi) is 3.72. The molecule has 1 aromatic rings. The molecule has 0 saturated heterocycles. The molecule has 0 amide bonds. The van der Waals surface area contributed by atoms with Crippen LogP contribution in [0.3, 0.4) is 0 Å². The maximum Gasteiger partial charge on any atom is 0.120 e. The lowest BCUT2D eigenvalue weighted by atomic mass is 9.99. The largest absolute Gasteiger partial charge is 0.303 e. The Labute approximate surface area is 86.3 Å². The topological polar surface area (TPSA) is 17.1 Å². The van der Waals surface area contributed by atoms with Gasteiger partial charge >= 0.3 is 0 Å². The second-order valence-electron chi connectivity index (χ2n) is 2.85. The van der Waals surface area contributed by atoms with Gasteiger partial charge in [-0.1, -0.05) is 19.1 Å². The predicted octanol–water partition coefficient (Wildman–Crippen LogP) is 2.98. The highest BCUT2D eigenvalue weighted by atomic mass is 127. The molecule has 0 heterocycles. The van der Waals surface area contributed by atoms with Crippen LogP contribution in [0.15, 0.2) is 24.3 Å². The zero-order valence-electron chi connectivity index (χ0n) is 6.96. The van der Waals surface area contributed by atoms with Crippen LogP contribution in [0.5, 0.6) is 0 Å². The molecule has 0 aromatic heterocycles. The van der Waals surface area contributed by atoms with E-state index in [1.807, 2.05) is 0 Å². The van der Waals surface area contributed by atoms with Crippen molar-refractivity contribution in [3.8, 4) is 0 Å². The fourth-order valence-corrected chi connectivity index (χ4v) is 1.43. The summed E-state index contributed by atoms with van der Waals surface area (Å²) in [4.78, 5) is 10.3. The summed E-state index contributed by atoms with van der Waals surface area (Å²) >= 11 is 2.27. The molecule has 0 aliphatic heterocycles. The molecule has 0 saturated carbocycles. The normalized spacial score (nSPS) is 12.5. The van der Waals surface area contributed by atoms with Gasteiger partial charge in [0, 0.05) is 9.99 Å². The lowest BCUT2D eigenvalue weighted by molar-refractivity contribution is -0.108. The van der Waals surface area contributed by atoms with Crippen LogP contribution in [0.25, 0.3) is 0 Å². The van der Waals surface area contributed by atoms with Gasteiger partial charge in [0.05, 0.1) is 0 Å². The Morgan fingerprint density at radius 2 is 2.00 bits per heavy atom. The van der Waals surface area contributed by atoms with Crippen molar-refractivity contribution in [2.24, 2.45) is 0 Å². The molecule has 1 atom stereocenters. The van der Waals surface area contributed by atoms with Crippen LogP contribution >= 0.6 is 22.6 Å². The second-order valence-corrected chi connectivity index (χ2v) is 4.10. The van der Waals surface area contributed by atoms with E-state index in [9.17, 15) is 4.79 Å². The average Bonchev–Trinajstić information content (AvgIpc) is 2.06. The lowest BCUT2D eigenvalue weighted by Crippen LogP contribution is -1.93. The Bertz CT molecular complexity index is 253. The van der Waals surface area contributed by atoms with Crippen molar-refractivity contribution in [2.45, 2.75) is 19.3 Å². The van der Waals surface area contributed by atoms with Crippen LogP contribution in [0.1, 0.15) is 24.8 Å². The third kappa shape index (κ3) is 2.59. The van der Waals surface area contributed by atoms with Crippen LogP contribution in [-0.4, -0.2) is 6.29 Å². The number of hydrogen-bond acceptors (Lipinski definition) is 1. The van der Waals surface area contributed by atoms with Crippen LogP contribution in [-0.2, 0) is 4.79 Å². The minimum atomic E-state index is 0.347. The summed E-state index contributed by atoms with van der Waals surface area (Å²) < 4.78 is 1.23. The Hall–Kier alpha value is -0.380. The minimum absolute atomic E-state index is 0.347. The number of halogens is 1. The SMILES string of the molecule is CC(CC=O)c1ccc(I)cc1. The molecule has 1 aromatic carbocycles. The van der Waals surface area contributed by atoms with Crippen LogP contribution in [0.4, 0.5) is 0 Å². The molecule has 1 rings (SSSR count). The molecular formula is C10H11IO. The second kappa shape index (κ2) is 4.60. The minimum Gasteiger partial charge on any atom is -0.303 e. The zero-order chi connectivity index (χ0) is 8.97. The number of rotatable bonds is 3. The van der Waals surface area contributed by atoms with E-state index >= 15 is 0 Å². The Balaban J connectivity index is 2.74. The third-order valence-corrected chi connectivity index (χ3v) is 2.61. The molecule has 0 radical (unpaired) electrons. The summed E-state index contributed by atoms with van der Waals surface area (Å²) in [6.45, 7) is 2.07. The smallest absolute Gasteiger partial charge is 0.120 e. The highest BCUT2D eigenvalue weighted by molar-refractivity contribution is 14.1. The zero-order valence-corrected chi connectivity index (χ0v) is 9.11. The maximum absolute atomic E-state index is 10.3. The summed E-state index contributed by atoms with van der Waals surface area (Å²) in [5, 5.41) is 0. The van der Waals surface area contributed by atoms with Crippen molar-refractivity contribution in [3.63, 3.8) is 0 Å². The Morgan fingerprint density at radius 3 is 2.50 bits per heavy atom. The van der Waals surface area contributed by atoms with E-state index in [0.717, 1.165) is 6.29 Å². The van der Waals surface area contributed by atoms with Gasteiger partial charge in [0.2, 0.25) is 0 Å². The van der Waals surface area contributed by atoms with E-state index in [4.69, 9.17) is 0 Å². The molecule has 0 spiro atoms. The number of carbonyl (C=O) groups is 1. The summed E-state index contributed by atoms with van der Waals surface area (Å²) in [6.07, 6.45) is 1.59. The van der Waals surface area contributed by atoms with Crippen molar-refractivity contribution >= 4 is 28.9 Å². The number of hydrogen-bond donors (Lipinski definition) is 0. The number of benzene rings is 1. The summed E-state index contributed by atoms with van der Waals surface area (Å²) in [6, 6.07) is 8.29. The van der Waals surface area contributed by atoms with Gasteiger partial charge in [0.25, 0.3) is 0 Å². The highest BCUT2D eigenvalue weighted by Crippen LogP contribution is 2.18. The van der Waals surface area contributed by atoms with Crippen LogP contribution in [0.2, 0.25) is 0 Å². The molecule has 1 unspecified atom stereocenters. The fourth-order valence-electron chi connectivity index (χ4n) is 1.07. The van der Waals surface area contributed by atoms with Crippen LogP contribution < -0.4 is 0 Å². The van der Waals surface area contributed by atoms with Gasteiger partial charge in [-0.3, -0.25) is 0 Å². The van der Waals surface area contributed by atoms with E-state index < -0.39 is 0 Å². The first kappa shape index (κ1) is 9.71. The van der Waals surface area contributed by atoms with Gasteiger partial charge in [0.15, 0.2) is 0 Å². The predicted molar refractivity (Wildman–Crippen MR) is 58.3 cm³/mol. The van der Waals surface area contributed by atoms with Gasteiger partial charge in [-0.05, 0) is 46.2 Å². The first-order valence-corrected chi connectivity index (χ1v) is 5.01. The third-order valence-electron chi connectivity index (χ3n) is 1.89. The summed E-state index contributed by atoms with van der Waals surface area (Å²) in [5.74, 6) is 0.347. The molecule has 2 heteroatoms. The maximum atomic E-state index is 10.3. The fraction of sp³-hybridized carbons (Fsp3) is 0.300. The number of aldehydes is 1. The van der Waals surface area contributed by atoms with Crippen molar-refractivity contribution in [1.29, 1.82) is 0 Å². The lowest BCUT2D eigenvalue weighted by Gasteiger charge is -2.07. The van der Waals surface area contributed by atoms with E-state index in [2.05, 4.69) is 53.8 Å². The van der Waals surface area contributed by atoms with Gasteiger partial charge in [0.1, 0.15) is 6.29 Å². The van der Waals surface area contributed by atoms with Gasteiger partial charge in [-0.15, -0.1) is 0 Å². The molecule has 0 aliphatic rings. The van der Waals surface area contributed by atoms with E-state index in [1.165, 1.54) is 9.13 Å². The summed E-state index contributed by atoms with van der Waals surface area (Å²) in [5.41, 5.74) is 1.24. The van der Waals surface area contributed by atoms with E-state index in [-0.39, 0.29) is 0 Å². The first-order chi connectivity index (χ1) is 5.74. The molecule has 0 bridgehead atoms. The highest BCUT2D eigenvalue weighted by Gasteiger charge is 2.03. The van der Waals surface area contributed by atoms with Crippen molar-refractivity contribution in [3.05, 3.63) is 33.4 Å². The molecule has 0 aliphatic carbocycles. The molecule has 0 fully saturated rings. The van der Waals surface area contributed by atoms with Gasteiger partial charge in [-0.2, -0.15) is 0 Å². The standard InChI is InChI=1S/C10H11IO/c1-8(6-7-12)9-2-4-10(11)5-3-9/h2-5,7-8H,6H2,1H3. The first-order valence-electron chi connectivity index (χ1n) is 3.93. The average molecular weight is 274 g/mol. The van der Waals surface area contributed by atoms with Crippen molar-refractivity contribution in [1.82, 2.24) is 0 Å². The molecule has 0 N–H and O–H groups in total. The summed E-state index contributed by atoms with van der Waals surface area (Å²) in [7, 11) is 0. The van der Waals surface area contributed by atoms with Crippen LogP contribution in [0, 0.1) is 3.57 Å². The molecule has 64 valence electrons. The van der Waals surface area contributed by atoms with Gasteiger partial charge in [-0.25, -0.2) is 0 Å². The molecular weight excluding hydrogens is 263 g/mol. The van der Waals surface area contributed by atoms with Crippen molar-refractivity contribution in [2.75, 3.05) is 0 Å². The van der Waals surface area contributed by atoms with E-state index in [1.54, 1.807) is 0 Å². The van der Waals surface area contributed by atoms with Gasteiger partial charge < -0.3 is 4.79 Å².